The quantitative estimate of drug-likeness (QED) is 0.787. The fourth-order valence-electron chi connectivity index (χ4n) is 2.48. The number of aryl methyl sites for hydroxylation is 2. The van der Waals surface area contributed by atoms with E-state index in [1.54, 1.807) is 11.6 Å². The van der Waals surface area contributed by atoms with Gasteiger partial charge in [0.25, 0.3) is 5.56 Å². The minimum absolute atomic E-state index is 0.249. The summed E-state index contributed by atoms with van der Waals surface area (Å²) in [5.74, 6) is 0. The predicted molar refractivity (Wildman–Crippen MR) is 80.6 cm³/mol. The standard InChI is InChI=1S/C15H16N4O2/c1-3-19-13-12(10(2)17-19)16-15(21)18(14(13)20)9-11-7-5-4-6-8-11/h4-8H,3,9H2,1-2H3,(H,16,21). The second kappa shape index (κ2) is 5.05. The molecule has 3 aromatic rings. The van der Waals surface area contributed by atoms with E-state index >= 15 is 0 Å². The molecule has 0 saturated heterocycles. The average Bonchev–Trinajstić information content (AvgIpc) is 2.81. The van der Waals surface area contributed by atoms with Crippen LogP contribution in [0.3, 0.4) is 0 Å². The van der Waals surface area contributed by atoms with Gasteiger partial charge < -0.3 is 4.98 Å². The van der Waals surface area contributed by atoms with E-state index in [-0.39, 0.29) is 12.1 Å². The maximum atomic E-state index is 12.6. The van der Waals surface area contributed by atoms with Gasteiger partial charge in [0.1, 0.15) is 0 Å². The lowest BCUT2D eigenvalue weighted by Crippen LogP contribution is -2.36. The van der Waals surface area contributed by atoms with E-state index in [9.17, 15) is 9.59 Å². The van der Waals surface area contributed by atoms with E-state index in [2.05, 4.69) is 10.1 Å². The van der Waals surface area contributed by atoms with Crippen molar-refractivity contribution in [3.63, 3.8) is 0 Å². The normalized spacial score (nSPS) is 11.1. The van der Waals surface area contributed by atoms with Gasteiger partial charge in [-0.05, 0) is 19.4 Å². The zero-order valence-corrected chi connectivity index (χ0v) is 12.0. The van der Waals surface area contributed by atoms with Gasteiger partial charge in [-0.2, -0.15) is 5.10 Å². The summed E-state index contributed by atoms with van der Waals surface area (Å²) in [4.78, 5) is 27.6. The Bertz CT molecular complexity index is 903. The minimum Gasteiger partial charge on any atom is -0.304 e. The highest BCUT2D eigenvalue weighted by atomic mass is 16.2. The van der Waals surface area contributed by atoms with Gasteiger partial charge in [-0.1, -0.05) is 30.3 Å². The average molecular weight is 284 g/mol. The molecule has 0 aliphatic heterocycles. The molecule has 108 valence electrons. The SMILES string of the molecule is CCn1nc(C)c2[nH]c(=O)n(Cc3ccccc3)c(=O)c21. The summed E-state index contributed by atoms with van der Waals surface area (Å²) in [6, 6.07) is 9.44. The lowest BCUT2D eigenvalue weighted by molar-refractivity contribution is 0.658. The summed E-state index contributed by atoms with van der Waals surface area (Å²) in [5, 5.41) is 4.29. The Morgan fingerprint density at radius 2 is 1.90 bits per heavy atom. The van der Waals surface area contributed by atoms with Crippen molar-refractivity contribution in [3.05, 3.63) is 62.4 Å². The van der Waals surface area contributed by atoms with Crippen LogP contribution in [0.4, 0.5) is 0 Å². The molecule has 6 heteroatoms. The van der Waals surface area contributed by atoms with Gasteiger partial charge in [0.2, 0.25) is 0 Å². The third-order valence-electron chi connectivity index (χ3n) is 3.54. The van der Waals surface area contributed by atoms with Crippen LogP contribution in [0, 0.1) is 6.92 Å². The molecule has 2 aromatic heterocycles. The van der Waals surface area contributed by atoms with Crippen LogP contribution < -0.4 is 11.2 Å². The predicted octanol–water partition coefficient (Wildman–Crippen LogP) is 1.26. The summed E-state index contributed by atoms with van der Waals surface area (Å²) in [7, 11) is 0. The number of hydrogen-bond acceptors (Lipinski definition) is 3. The summed E-state index contributed by atoms with van der Waals surface area (Å²) in [5.41, 5.74) is 1.83. The van der Waals surface area contributed by atoms with Crippen molar-refractivity contribution in [1.29, 1.82) is 0 Å². The van der Waals surface area contributed by atoms with Crippen LogP contribution in [0.1, 0.15) is 18.2 Å². The highest BCUT2D eigenvalue weighted by Gasteiger charge is 2.15. The van der Waals surface area contributed by atoms with Gasteiger partial charge in [0, 0.05) is 6.54 Å². The molecule has 0 radical (unpaired) electrons. The van der Waals surface area contributed by atoms with Crippen molar-refractivity contribution >= 4 is 11.0 Å². The second-order valence-electron chi connectivity index (χ2n) is 4.93. The van der Waals surface area contributed by atoms with Gasteiger partial charge in [0.15, 0.2) is 5.52 Å². The molecule has 1 aromatic carbocycles. The molecule has 21 heavy (non-hydrogen) atoms. The molecule has 0 bridgehead atoms. The third-order valence-corrected chi connectivity index (χ3v) is 3.54. The maximum absolute atomic E-state index is 12.6. The zero-order valence-electron chi connectivity index (χ0n) is 12.0. The number of nitrogens with one attached hydrogen (secondary N) is 1. The molecule has 0 fully saturated rings. The van der Waals surface area contributed by atoms with Crippen molar-refractivity contribution in [2.45, 2.75) is 26.9 Å². The Hall–Kier alpha value is -2.63. The van der Waals surface area contributed by atoms with Gasteiger partial charge in [-0.15, -0.1) is 0 Å². The monoisotopic (exact) mass is 284 g/mol. The lowest BCUT2D eigenvalue weighted by atomic mass is 10.2. The lowest BCUT2D eigenvalue weighted by Gasteiger charge is -2.06. The van der Waals surface area contributed by atoms with Crippen LogP contribution in [-0.2, 0) is 13.1 Å². The molecule has 1 N–H and O–H groups in total. The molecule has 0 saturated carbocycles. The summed E-state index contributed by atoms with van der Waals surface area (Å²) in [6.45, 7) is 4.53. The first-order chi connectivity index (χ1) is 10.1. The fourth-order valence-corrected chi connectivity index (χ4v) is 2.48. The molecular weight excluding hydrogens is 268 g/mol. The Morgan fingerprint density at radius 1 is 1.19 bits per heavy atom. The van der Waals surface area contributed by atoms with Crippen molar-refractivity contribution < 1.29 is 0 Å². The molecular formula is C15H16N4O2. The van der Waals surface area contributed by atoms with E-state index in [4.69, 9.17) is 0 Å². The number of H-pyrrole nitrogens is 1. The summed E-state index contributed by atoms with van der Waals surface area (Å²) >= 11 is 0. The molecule has 0 aliphatic carbocycles. The zero-order chi connectivity index (χ0) is 15.0. The van der Waals surface area contributed by atoms with Crippen molar-refractivity contribution in [2.75, 3.05) is 0 Å². The number of benzene rings is 1. The van der Waals surface area contributed by atoms with E-state index < -0.39 is 5.69 Å². The van der Waals surface area contributed by atoms with E-state index in [0.717, 1.165) is 5.56 Å². The minimum atomic E-state index is -0.407. The first kappa shape index (κ1) is 13.4. The molecule has 0 unspecified atom stereocenters. The Kier molecular flexibility index (Phi) is 3.21. The van der Waals surface area contributed by atoms with Crippen molar-refractivity contribution in [3.8, 4) is 0 Å². The van der Waals surface area contributed by atoms with Crippen molar-refractivity contribution in [1.82, 2.24) is 19.3 Å². The third kappa shape index (κ3) is 2.18. The molecule has 6 nitrogen and oxygen atoms in total. The molecule has 0 aliphatic rings. The topological polar surface area (TPSA) is 72.7 Å². The van der Waals surface area contributed by atoms with Crippen LogP contribution in [0.2, 0.25) is 0 Å². The number of aromatic nitrogens is 4. The van der Waals surface area contributed by atoms with Crippen molar-refractivity contribution in [2.24, 2.45) is 0 Å². The summed E-state index contributed by atoms with van der Waals surface area (Å²) in [6.07, 6.45) is 0. The number of nitrogens with zero attached hydrogens (tertiary/aromatic N) is 3. The fraction of sp³-hybridized carbons (Fsp3) is 0.267. The Balaban J connectivity index is 2.24. The van der Waals surface area contributed by atoms with Crippen LogP contribution in [0.25, 0.3) is 11.0 Å². The molecule has 0 spiro atoms. The highest BCUT2D eigenvalue weighted by molar-refractivity contribution is 5.76. The number of rotatable bonds is 3. The van der Waals surface area contributed by atoms with E-state index in [1.807, 2.05) is 37.3 Å². The first-order valence-electron chi connectivity index (χ1n) is 6.86. The van der Waals surface area contributed by atoms with Gasteiger partial charge in [-0.3, -0.25) is 14.0 Å². The van der Waals surface area contributed by atoms with E-state index in [1.165, 1.54) is 4.57 Å². The largest absolute Gasteiger partial charge is 0.329 e. The van der Waals surface area contributed by atoms with E-state index in [0.29, 0.717) is 23.3 Å². The maximum Gasteiger partial charge on any atom is 0.329 e. The highest BCUT2D eigenvalue weighted by Crippen LogP contribution is 2.10. The number of aromatic amines is 1. The smallest absolute Gasteiger partial charge is 0.304 e. The van der Waals surface area contributed by atoms with Crippen LogP contribution in [0.15, 0.2) is 39.9 Å². The molecule has 0 atom stereocenters. The van der Waals surface area contributed by atoms with Gasteiger partial charge >= 0.3 is 5.69 Å². The Labute approximate surface area is 120 Å². The molecule has 3 rings (SSSR count). The van der Waals surface area contributed by atoms with Crippen LogP contribution >= 0.6 is 0 Å². The molecule has 0 amide bonds. The van der Waals surface area contributed by atoms with Crippen LogP contribution in [0.5, 0.6) is 0 Å². The number of fused-ring (bicyclic) bond motifs is 1. The van der Waals surface area contributed by atoms with Crippen LogP contribution in [-0.4, -0.2) is 19.3 Å². The number of hydrogen-bond donors (Lipinski definition) is 1. The summed E-state index contributed by atoms with van der Waals surface area (Å²) < 4.78 is 2.84. The van der Waals surface area contributed by atoms with Gasteiger partial charge in [0.05, 0.1) is 17.8 Å². The van der Waals surface area contributed by atoms with Gasteiger partial charge in [-0.25, -0.2) is 4.79 Å². The molecule has 2 heterocycles. The second-order valence-corrected chi connectivity index (χ2v) is 4.93. The first-order valence-corrected chi connectivity index (χ1v) is 6.86. The Morgan fingerprint density at radius 3 is 2.57 bits per heavy atom.